The van der Waals surface area contributed by atoms with Crippen molar-refractivity contribution < 1.29 is 4.79 Å². The number of nitrogens with zero attached hydrogens (tertiary/aromatic N) is 1. The fraction of sp³-hybridized carbons (Fsp3) is 0.923. The summed E-state index contributed by atoms with van der Waals surface area (Å²) in [5.41, 5.74) is 5.78. The molecular weight excluding hydrogens is 200 g/mol. The number of carbonyl (C=O) groups excluding carboxylic acids is 1. The second kappa shape index (κ2) is 5.67. The first-order chi connectivity index (χ1) is 7.49. The van der Waals surface area contributed by atoms with Gasteiger partial charge in [-0.05, 0) is 32.1 Å². The van der Waals surface area contributed by atoms with Crippen LogP contribution in [0.3, 0.4) is 0 Å². The van der Waals surface area contributed by atoms with Crippen molar-refractivity contribution in [1.82, 2.24) is 4.90 Å². The number of likely N-dealkylation sites (tertiary alicyclic amines) is 1. The van der Waals surface area contributed by atoms with E-state index in [0.29, 0.717) is 18.5 Å². The van der Waals surface area contributed by atoms with Gasteiger partial charge in [0.25, 0.3) is 0 Å². The summed E-state index contributed by atoms with van der Waals surface area (Å²) in [6.07, 6.45) is 3.38. The minimum Gasteiger partial charge on any atom is -0.336 e. The van der Waals surface area contributed by atoms with E-state index in [1.54, 1.807) is 0 Å². The van der Waals surface area contributed by atoms with Gasteiger partial charge in [-0.2, -0.15) is 0 Å². The highest BCUT2D eigenvalue weighted by atomic mass is 16.2. The molecule has 3 nitrogen and oxygen atoms in total. The molecule has 3 atom stereocenters. The van der Waals surface area contributed by atoms with Crippen LogP contribution in [0.1, 0.15) is 47.0 Å². The molecule has 1 fully saturated rings. The molecule has 1 rings (SSSR count). The zero-order valence-electron chi connectivity index (χ0n) is 11.1. The molecule has 0 radical (unpaired) electrons. The third-order valence-electron chi connectivity index (χ3n) is 3.94. The quantitative estimate of drug-likeness (QED) is 0.800. The first kappa shape index (κ1) is 13.5. The van der Waals surface area contributed by atoms with E-state index in [0.717, 1.165) is 12.8 Å². The Balaban J connectivity index is 2.77. The smallest absolute Gasteiger partial charge is 0.226 e. The van der Waals surface area contributed by atoms with Crippen molar-refractivity contribution in [2.45, 2.75) is 59.0 Å². The third kappa shape index (κ3) is 2.76. The third-order valence-corrected chi connectivity index (χ3v) is 3.94. The van der Waals surface area contributed by atoms with Gasteiger partial charge >= 0.3 is 0 Å². The molecule has 0 saturated carbocycles. The second-order valence-corrected chi connectivity index (χ2v) is 5.45. The summed E-state index contributed by atoms with van der Waals surface area (Å²) in [5, 5.41) is 0. The van der Waals surface area contributed by atoms with Crippen LogP contribution in [0.15, 0.2) is 0 Å². The average molecular weight is 226 g/mol. The minimum absolute atomic E-state index is 0.106. The molecule has 3 heteroatoms. The van der Waals surface area contributed by atoms with Crippen molar-refractivity contribution in [2.24, 2.45) is 17.6 Å². The normalized spacial score (nSPS) is 28.2. The van der Waals surface area contributed by atoms with E-state index < -0.39 is 0 Å². The predicted octanol–water partition coefficient (Wildman–Crippen LogP) is 2.01. The number of piperidine rings is 1. The SMILES string of the molecule is CC(C)C(C)C(=O)N1C(C)CCCC1CN. The predicted molar refractivity (Wildman–Crippen MR) is 67.0 cm³/mol. The van der Waals surface area contributed by atoms with Crippen LogP contribution in [0.2, 0.25) is 0 Å². The van der Waals surface area contributed by atoms with Crippen LogP contribution in [0.4, 0.5) is 0 Å². The molecule has 0 aromatic heterocycles. The zero-order valence-corrected chi connectivity index (χ0v) is 11.1. The van der Waals surface area contributed by atoms with E-state index in [1.165, 1.54) is 6.42 Å². The summed E-state index contributed by atoms with van der Waals surface area (Å²) in [6, 6.07) is 0.619. The number of hydrogen-bond donors (Lipinski definition) is 1. The molecule has 3 unspecified atom stereocenters. The maximum Gasteiger partial charge on any atom is 0.226 e. The first-order valence-electron chi connectivity index (χ1n) is 6.51. The van der Waals surface area contributed by atoms with E-state index in [9.17, 15) is 4.79 Å². The molecule has 0 aliphatic carbocycles. The number of rotatable bonds is 3. The Bertz CT molecular complexity index is 240. The van der Waals surface area contributed by atoms with E-state index in [-0.39, 0.29) is 17.9 Å². The van der Waals surface area contributed by atoms with Crippen LogP contribution >= 0.6 is 0 Å². The molecule has 1 amide bonds. The van der Waals surface area contributed by atoms with Gasteiger partial charge in [0.05, 0.1) is 0 Å². The molecule has 1 aliphatic heterocycles. The number of amides is 1. The Morgan fingerprint density at radius 2 is 2.00 bits per heavy atom. The molecule has 0 aromatic carbocycles. The van der Waals surface area contributed by atoms with Crippen molar-refractivity contribution in [2.75, 3.05) is 6.54 Å². The highest BCUT2D eigenvalue weighted by Crippen LogP contribution is 2.26. The second-order valence-electron chi connectivity index (χ2n) is 5.45. The monoisotopic (exact) mass is 226 g/mol. The van der Waals surface area contributed by atoms with E-state index in [1.807, 2.05) is 11.8 Å². The lowest BCUT2D eigenvalue weighted by atomic mass is 9.91. The fourth-order valence-electron chi connectivity index (χ4n) is 2.44. The molecule has 94 valence electrons. The highest BCUT2D eigenvalue weighted by Gasteiger charge is 2.33. The molecule has 0 aromatic rings. The molecule has 16 heavy (non-hydrogen) atoms. The van der Waals surface area contributed by atoms with Gasteiger partial charge in [0.15, 0.2) is 0 Å². The molecule has 0 spiro atoms. The lowest BCUT2D eigenvalue weighted by Crippen LogP contribution is -2.53. The van der Waals surface area contributed by atoms with Crippen LogP contribution in [0.5, 0.6) is 0 Å². The van der Waals surface area contributed by atoms with Crippen LogP contribution < -0.4 is 5.73 Å². The molecule has 1 aliphatic rings. The van der Waals surface area contributed by atoms with Gasteiger partial charge in [0.1, 0.15) is 0 Å². The summed E-state index contributed by atoms with van der Waals surface area (Å²) >= 11 is 0. The van der Waals surface area contributed by atoms with Crippen LogP contribution in [0, 0.1) is 11.8 Å². The summed E-state index contributed by atoms with van der Waals surface area (Å²) in [4.78, 5) is 14.4. The van der Waals surface area contributed by atoms with Crippen molar-refractivity contribution >= 4 is 5.91 Å². The number of carbonyl (C=O) groups is 1. The van der Waals surface area contributed by atoms with Crippen LogP contribution in [-0.4, -0.2) is 29.4 Å². The Kier molecular flexibility index (Phi) is 4.78. The van der Waals surface area contributed by atoms with E-state index >= 15 is 0 Å². The maximum atomic E-state index is 12.4. The van der Waals surface area contributed by atoms with Crippen molar-refractivity contribution in [3.63, 3.8) is 0 Å². The largest absolute Gasteiger partial charge is 0.336 e. The lowest BCUT2D eigenvalue weighted by molar-refractivity contribution is -0.142. The Labute approximate surface area is 99.4 Å². The molecule has 0 bridgehead atoms. The van der Waals surface area contributed by atoms with Gasteiger partial charge < -0.3 is 10.6 Å². The first-order valence-corrected chi connectivity index (χ1v) is 6.51. The van der Waals surface area contributed by atoms with E-state index in [2.05, 4.69) is 20.8 Å². The Morgan fingerprint density at radius 3 is 2.50 bits per heavy atom. The Hall–Kier alpha value is -0.570. The number of hydrogen-bond acceptors (Lipinski definition) is 2. The fourth-order valence-corrected chi connectivity index (χ4v) is 2.44. The molecule has 1 saturated heterocycles. The van der Waals surface area contributed by atoms with Gasteiger partial charge in [-0.25, -0.2) is 0 Å². The minimum atomic E-state index is 0.106. The van der Waals surface area contributed by atoms with Crippen LogP contribution in [-0.2, 0) is 4.79 Å². The van der Waals surface area contributed by atoms with Crippen molar-refractivity contribution in [3.05, 3.63) is 0 Å². The number of nitrogens with two attached hydrogens (primary N) is 1. The van der Waals surface area contributed by atoms with Crippen LogP contribution in [0.25, 0.3) is 0 Å². The standard InChI is InChI=1S/C13H26N2O/c1-9(2)11(4)13(16)15-10(3)6-5-7-12(15)8-14/h9-12H,5-8,14H2,1-4H3. The summed E-state index contributed by atoms with van der Waals surface area (Å²) < 4.78 is 0. The van der Waals surface area contributed by atoms with Crippen molar-refractivity contribution in [3.8, 4) is 0 Å². The average Bonchev–Trinajstić information content (AvgIpc) is 2.26. The summed E-state index contributed by atoms with van der Waals surface area (Å²) in [5.74, 6) is 0.798. The zero-order chi connectivity index (χ0) is 12.3. The van der Waals surface area contributed by atoms with E-state index in [4.69, 9.17) is 5.73 Å². The maximum absolute atomic E-state index is 12.4. The van der Waals surface area contributed by atoms with Gasteiger partial charge in [-0.1, -0.05) is 20.8 Å². The van der Waals surface area contributed by atoms with Gasteiger partial charge in [-0.15, -0.1) is 0 Å². The highest BCUT2D eigenvalue weighted by molar-refractivity contribution is 5.79. The van der Waals surface area contributed by atoms with Gasteiger partial charge in [0, 0.05) is 24.5 Å². The molecule has 2 N–H and O–H groups in total. The van der Waals surface area contributed by atoms with Gasteiger partial charge in [-0.3, -0.25) is 4.79 Å². The van der Waals surface area contributed by atoms with Gasteiger partial charge in [0.2, 0.25) is 5.91 Å². The lowest BCUT2D eigenvalue weighted by Gasteiger charge is -2.42. The summed E-state index contributed by atoms with van der Waals surface area (Å²) in [7, 11) is 0. The molecular formula is C13H26N2O. The summed E-state index contributed by atoms with van der Waals surface area (Å²) in [6.45, 7) is 8.98. The van der Waals surface area contributed by atoms with Crippen molar-refractivity contribution in [1.29, 1.82) is 0 Å². The Morgan fingerprint density at radius 1 is 1.38 bits per heavy atom. The molecule has 1 heterocycles. The topological polar surface area (TPSA) is 46.3 Å².